The van der Waals surface area contributed by atoms with Crippen molar-refractivity contribution in [2.24, 2.45) is 11.1 Å². The topological polar surface area (TPSA) is 123 Å². The maximum absolute atomic E-state index is 6.72. The molecule has 0 unspecified atom stereocenters. The Morgan fingerprint density at radius 3 is 2.79 bits per heavy atom. The van der Waals surface area contributed by atoms with Crippen molar-refractivity contribution in [2.75, 3.05) is 23.7 Å². The molecule has 5 N–H and O–H groups in total. The van der Waals surface area contributed by atoms with Gasteiger partial charge in [-0.05, 0) is 41.9 Å². The molecule has 0 radical (unpaired) electrons. The third-order valence-electron chi connectivity index (χ3n) is 6.99. The van der Waals surface area contributed by atoms with Crippen LogP contribution in [0.2, 0.25) is 5.02 Å². The molecule has 1 aliphatic heterocycles. The van der Waals surface area contributed by atoms with Crippen molar-refractivity contribution in [2.45, 2.75) is 35.2 Å². The van der Waals surface area contributed by atoms with Crippen LogP contribution in [0.25, 0.3) is 11.2 Å². The van der Waals surface area contributed by atoms with Crippen LogP contribution in [0.5, 0.6) is 0 Å². The number of aromatic nitrogens is 5. The zero-order valence-electron chi connectivity index (χ0n) is 17.8. The second-order valence-corrected chi connectivity index (χ2v) is 10.2. The summed E-state index contributed by atoms with van der Waals surface area (Å²) in [7, 11) is 0. The first kappa shape index (κ1) is 20.7. The van der Waals surface area contributed by atoms with Crippen molar-refractivity contribution < 1.29 is 0 Å². The number of pyridine rings is 1. The van der Waals surface area contributed by atoms with Crippen molar-refractivity contribution in [3.05, 3.63) is 58.9 Å². The van der Waals surface area contributed by atoms with Crippen LogP contribution >= 0.6 is 23.4 Å². The van der Waals surface area contributed by atoms with Gasteiger partial charge in [-0.2, -0.15) is 5.10 Å². The van der Waals surface area contributed by atoms with Crippen LogP contribution in [0.3, 0.4) is 0 Å². The van der Waals surface area contributed by atoms with E-state index in [2.05, 4.69) is 49.3 Å². The molecule has 1 fully saturated rings. The normalized spacial score (nSPS) is 19.3. The number of benzene rings is 1. The van der Waals surface area contributed by atoms with Gasteiger partial charge in [0.2, 0.25) is 0 Å². The number of hydrogen-bond donors (Lipinski definition) is 3. The van der Waals surface area contributed by atoms with E-state index >= 15 is 0 Å². The third kappa shape index (κ3) is 3.42. The number of nitrogens with one attached hydrogen (secondary N) is 1. The average Bonchev–Trinajstić information content (AvgIpc) is 3.36. The molecule has 8 nitrogen and oxygen atoms in total. The summed E-state index contributed by atoms with van der Waals surface area (Å²) in [5, 5.41) is 8.52. The summed E-state index contributed by atoms with van der Waals surface area (Å²) in [4.78, 5) is 16.5. The molecule has 3 aromatic heterocycles. The third-order valence-corrected chi connectivity index (χ3v) is 8.54. The number of piperidine rings is 1. The summed E-state index contributed by atoms with van der Waals surface area (Å²) >= 11 is 7.67. The largest absolute Gasteiger partial charge is 0.382 e. The first-order valence-corrected chi connectivity index (χ1v) is 12.1. The van der Waals surface area contributed by atoms with Crippen molar-refractivity contribution in [1.82, 2.24) is 25.1 Å². The van der Waals surface area contributed by atoms with E-state index in [1.807, 2.05) is 6.20 Å². The molecule has 168 valence electrons. The molecular weight excluding hydrogens is 456 g/mol. The first-order valence-electron chi connectivity index (χ1n) is 10.9. The van der Waals surface area contributed by atoms with E-state index in [0.717, 1.165) is 43.1 Å². The molecule has 0 bridgehead atoms. The Labute approximate surface area is 200 Å². The summed E-state index contributed by atoms with van der Waals surface area (Å²) in [6.07, 6.45) is 6.58. The van der Waals surface area contributed by atoms with Gasteiger partial charge in [-0.15, -0.1) is 0 Å². The predicted octanol–water partition coefficient (Wildman–Crippen LogP) is 3.98. The van der Waals surface area contributed by atoms with Gasteiger partial charge in [-0.1, -0.05) is 47.6 Å². The molecule has 0 amide bonds. The summed E-state index contributed by atoms with van der Waals surface area (Å²) in [5.74, 6) is 1.15. The molecule has 1 spiro atoms. The lowest BCUT2D eigenvalue weighted by Gasteiger charge is -2.42. The highest BCUT2D eigenvalue weighted by molar-refractivity contribution is 7.99. The van der Waals surface area contributed by atoms with Gasteiger partial charge in [0.15, 0.2) is 10.7 Å². The van der Waals surface area contributed by atoms with Gasteiger partial charge in [0.1, 0.15) is 17.2 Å². The van der Waals surface area contributed by atoms with E-state index in [1.165, 1.54) is 22.9 Å². The molecular formula is C23H23ClN8S. The number of fused-ring (bicyclic) bond motifs is 2. The fourth-order valence-corrected chi connectivity index (χ4v) is 6.20. The predicted molar refractivity (Wildman–Crippen MR) is 130 cm³/mol. The number of aromatic amines is 1. The van der Waals surface area contributed by atoms with Gasteiger partial charge in [-0.25, -0.2) is 15.0 Å². The number of anilines is 2. The van der Waals surface area contributed by atoms with Gasteiger partial charge in [0, 0.05) is 30.2 Å². The lowest BCUT2D eigenvalue weighted by atomic mass is 9.73. The molecule has 4 aromatic rings. The van der Waals surface area contributed by atoms with Crippen LogP contribution in [0.15, 0.2) is 52.6 Å². The summed E-state index contributed by atoms with van der Waals surface area (Å²) < 4.78 is 0. The molecule has 0 saturated carbocycles. The lowest BCUT2D eigenvalue weighted by Crippen LogP contribution is -2.44. The highest BCUT2D eigenvalue weighted by Crippen LogP contribution is 2.51. The van der Waals surface area contributed by atoms with Gasteiger partial charge >= 0.3 is 0 Å². The number of nitrogens with zero attached hydrogens (tertiary/aromatic N) is 5. The summed E-state index contributed by atoms with van der Waals surface area (Å²) in [6, 6.07) is 10.5. The Morgan fingerprint density at radius 2 is 1.97 bits per heavy atom. The summed E-state index contributed by atoms with van der Waals surface area (Å²) in [6.45, 7) is 1.81. The van der Waals surface area contributed by atoms with Gasteiger partial charge in [0.25, 0.3) is 0 Å². The molecule has 2 aliphatic rings. The van der Waals surface area contributed by atoms with Crippen molar-refractivity contribution in [1.29, 1.82) is 0 Å². The minimum atomic E-state index is 0.102. The van der Waals surface area contributed by atoms with E-state index in [1.54, 1.807) is 12.3 Å². The van der Waals surface area contributed by atoms with Crippen molar-refractivity contribution >= 4 is 46.2 Å². The minimum Gasteiger partial charge on any atom is -0.382 e. The van der Waals surface area contributed by atoms with Crippen LogP contribution in [-0.2, 0) is 6.42 Å². The van der Waals surface area contributed by atoms with E-state index in [0.29, 0.717) is 27.0 Å². The van der Waals surface area contributed by atoms with Crippen molar-refractivity contribution in [3.63, 3.8) is 0 Å². The Balaban J connectivity index is 1.20. The molecule has 33 heavy (non-hydrogen) atoms. The maximum atomic E-state index is 6.72. The Bertz CT molecular complexity index is 1350. The van der Waals surface area contributed by atoms with Crippen LogP contribution in [0.1, 0.15) is 30.0 Å². The highest BCUT2D eigenvalue weighted by Gasteiger charge is 2.45. The van der Waals surface area contributed by atoms with Crippen molar-refractivity contribution in [3.8, 4) is 0 Å². The van der Waals surface area contributed by atoms with Crippen LogP contribution in [-0.4, -0.2) is 38.2 Å². The SMILES string of the molecule is Nc1nccc(Sc2n[nH]c3nc(N4CCC5(CC4)Cc4ccccc4[C@@H]5N)cnc23)c1Cl. The zero-order chi connectivity index (χ0) is 22.6. The molecule has 1 atom stereocenters. The average molecular weight is 479 g/mol. The molecule has 4 heterocycles. The van der Waals surface area contributed by atoms with E-state index in [9.17, 15) is 0 Å². The van der Waals surface area contributed by atoms with Crippen LogP contribution in [0.4, 0.5) is 11.6 Å². The molecule has 10 heteroatoms. The summed E-state index contributed by atoms with van der Waals surface area (Å²) in [5.41, 5.74) is 16.7. The standard InChI is InChI=1S/C23H23ClN8S/c24-17-15(5-8-27-20(17)26)33-22-18-21(30-31-22)29-16(12-28-18)32-9-6-23(7-10-32)11-13-3-1-2-4-14(13)19(23)25/h1-5,8,12,19H,6-7,9-11,25H2,(H2,26,27)(H,29,30,31)/t19-/m0/s1. The molecule has 1 aliphatic carbocycles. The number of hydrogen-bond acceptors (Lipinski definition) is 8. The Morgan fingerprint density at radius 1 is 1.15 bits per heavy atom. The van der Waals surface area contributed by atoms with E-state index in [4.69, 9.17) is 28.1 Å². The van der Waals surface area contributed by atoms with Gasteiger partial charge in [-0.3, -0.25) is 5.10 Å². The quantitative estimate of drug-likeness (QED) is 0.404. The van der Waals surface area contributed by atoms with E-state index in [-0.39, 0.29) is 11.5 Å². The van der Waals surface area contributed by atoms with E-state index < -0.39 is 0 Å². The molecule has 6 rings (SSSR count). The molecule has 1 aromatic carbocycles. The Hall–Kier alpha value is -2.88. The smallest absolute Gasteiger partial charge is 0.177 e. The minimum absolute atomic E-state index is 0.102. The number of H-pyrrole nitrogens is 1. The number of rotatable bonds is 3. The van der Waals surface area contributed by atoms with Crippen LogP contribution in [0, 0.1) is 5.41 Å². The van der Waals surface area contributed by atoms with Gasteiger partial charge in [0.05, 0.1) is 11.2 Å². The number of halogens is 1. The number of nitrogen functional groups attached to an aromatic ring is 1. The second-order valence-electron chi connectivity index (χ2n) is 8.77. The fraction of sp³-hybridized carbons (Fsp3) is 0.304. The fourth-order valence-electron chi connectivity index (χ4n) is 5.11. The highest BCUT2D eigenvalue weighted by atomic mass is 35.5. The molecule has 1 saturated heterocycles. The lowest BCUT2D eigenvalue weighted by molar-refractivity contribution is 0.187. The Kier molecular flexibility index (Phi) is 4.93. The zero-order valence-corrected chi connectivity index (χ0v) is 19.4. The van der Waals surface area contributed by atoms with Crippen LogP contribution < -0.4 is 16.4 Å². The monoisotopic (exact) mass is 478 g/mol. The number of nitrogens with two attached hydrogens (primary N) is 2. The van der Waals surface area contributed by atoms with Gasteiger partial charge < -0.3 is 16.4 Å². The first-order chi connectivity index (χ1) is 16.0. The maximum Gasteiger partial charge on any atom is 0.177 e. The second kappa shape index (κ2) is 7.86.